The highest BCUT2D eigenvalue weighted by Gasteiger charge is 2.28. The summed E-state index contributed by atoms with van der Waals surface area (Å²) in [6.45, 7) is 4.51. The molecule has 2 aromatic rings. The van der Waals surface area contributed by atoms with Gasteiger partial charge in [0.2, 0.25) is 0 Å². The molecular formula is C17H22N2. The summed E-state index contributed by atoms with van der Waals surface area (Å²) < 4.78 is 0. The molecule has 0 spiro atoms. The summed E-state index contributed by atoms with van der Waals surface area (Å²) in [7, 11) is 0. The lowest BCUT2D eigenvalue weighted by Crippen LogP contribution is -2.45. The van der Waals surface area contributed by atoms with Crippen LogP contribution in [-0.2, 0) is 0 Å². The molecule has 0 saturated carbocycles. The second kappa shape index (κ2) is 4.76. The molecule has 0 radical (unpaired) electrons. The molecule has 0 aliphatic carbocycles. The van der Waals surface area contributed by atoms with E-state index in [-0.39, 0.29) is 5.66 Å². The van der Waals surface area contributed by atoms with Crippen molar-refractivity contribution >= 4 is 22.1 Å². The molecule has 1 aliphatic rings. The van der Waals surface area contributed by atoms with E-state index < -0.39 is 0 Å². The van der Waals surface area contributed by atoms with Crippen molar-refractivity contribution in [2.24, 2.45) is 0 Å². The number of benzene rings is 2. The van der Waals surface area contributed by atoms with Gasteiger partial charge >= 0.3 is 0 Å². The van der Waals surface area contributed by atoms with Gasteiger partial charge in [0.1, 0.15) is 5.66 Å². The number of unbranched alkanes of at least 4 members (excludes halogenated alkanes) is 2. The average molecular weight is 254 g/mol. The Morgan fingerprint density at radius 1 is 0.947 bits per heavy atom. The highest BCUT2D eigenvalue weighted by molar-refractivity contribution is 6.05. The Morgan fingerprint density at radius 3 is 2.16 bits per heavy atom. The van der Waals surface area contributed by atoms with Gasteiger partial charge in [-0.25, -0.2) is 0 Å². The highest BCUT2D eigenvalue weighted by Crippen LogP contribution is 2.38. The quantitative estimate of drug-likeness (QED) is 0.752. The van der Waals surface area contributed by atoms with Gasteiger partial charge in [0.05, 0.1) is 0 Å². The van der Waals surface area contributed by atoms with E-state index in [0.29, 0.717) is 0 Å². The van der Waals surface area contributed by atoms with Crippen LogP contribution in [0.25, 0.3) is 10.8 Å². The van der Waals surface area contributed by atoms with Gasteiger partial charge in [-0.3, -0.25) is 0 Å². The monoisotopic (exact) mass is 254 g/mol. The van der Waals surface area contributed by atoms with Crippen molar-refractivity contribution in [1.29, 1.82) is 0 Å². The lowest BCUT2D eigenvalue weighted by Gasteiger charge is -2.39. The molecule has 2 heteroatoms. The molecule has 0 unspecified atom stereocenters. The first-order valence-electron chi connectivity index (χ1n) is 7.30. The van der Waals surface area contributed by atoms with Crippen molar-refractivity contribution in [2.45, 2.75) is 45.2 Å². The van der Waals surface area contributed by atoms with Crippen LogP contribution in [0.3, 0.4) is 0 Å². The van der Waals surface area contributed by atoms with Crippen molar-refractivity contribution in [3.8, 4) is 0 Å². The van der Waals surface area contributed by atoms with Crippen LogP contribution in [0, 0.1) is 0 Å². The van der Waals surface area contributed by atoms with E-state index in [1.165, 1.54) is 41.4 Å². The Bertz CT molecular complexity index is 548. The number of nitrogens with one attached hydrogen (secondary N) is 2. The second-order valence-corrected chi connectivity index (χ2v) is 5.75. The van der Waals surface area contributed by atoms with Crippen molar-refractivity contribution < 1.29 is 0 Å². The molecule has 2 aromatic carbocycles. The molecule has 0 atom stereocenters. The Kier molecular flexibility index (Phi) is 3.09. The number of hydrogen-bond acceptors (Lipinski definition) is 2. The molecule has 0 fully saturated rings. The van der Waals surface area contributed by atoms with Crippen LogP contribution < -0.4 is 10.6 Å². The standard InChI is InChI=1S/C17H22N2/c1-3-4-5-12-17(2)18-14-10-6-8-13-9-7-11-15(19-17)16(13)14/h6-11,18-19H,3-5,12H2,1-2H3. The van der Waals surface area contributed by atoms with Gasteiger partial charge in [0, 0.05) is 16.8 Å². The maximum Gasteiger partial charge on any atom is 0.105 e. The molecule has 100 valence electrons. The topological polar surface area (TPSA) is 24.1 Å². The summed E-state index contributed by atoms with van der Waals surface area (Å²) >= 11 is 0. The van der Waals surface area contributed by atoms with Crippen LogP contribution >= 0.6 is 0 Å². The largest absolute Gasteiger partial charge is 0.363 e. The first-order valence-corrected chi connectivity index (χ1v) is 7.30. The van der Waals surface area contributed by atoms with Crippen LogP contribution in [-0.4, -0.2) is 5.66 Å². The summed E-state index contributed by atoms with van der Waals surface area (Å²) in [6, 6.07) is 13.0. The third kappa shape index (κ3) is 2.27. The minimum atomic E-state index is -0.0300. The zero-order chi connectivity index (χ0) is 13.3. The fourth-order valence-electron chi connectivity index (χ4n) is 3.03. The number of hydrogen-bond donors (Lipinski definition) is 2. The Hall–Kier alpha value is -1.70. The fraction of sp³-hybridized carbons (Fsp3) is 0.412. The van der Waals surface area contributed by atoms with Gasteiger partial charge < -0.3 is 10.6 Å². The molecule has 19 heavy (non-hydrogen) atoms. The molecule has 2 nitrogen and oxygen atoms in total. The van der Waals surface area contributed by atoms with Crippen LogP contribution in [0.5, 0.6) is 0 Å². The highest BCUT2D eigenvalue weighted by atomic mass is 15.2. The van der Waals surface area contributed by atoms with E-state index in [0.717, 1.165) is 6.42 Å². The predicted molar refractivity (Wildman–Crippen MR) is 83.7 cm³/mol. The zero-order valence-corrected chi connectivity index (χ0v) is 11.8. The Morgan fingerprint density at radius 2 is 1.58 bits per heavy atom. The maximum atomic E-state index is 3.69. The Balaban J connectivity index is 1.94. The van der Waals surface area contributed by atoms with E-state index in [1.54, 1.807) is 0 Å². The lowest BCUT2D eigenvalue weighted by molar-refractivity contribution is 0.494. The molecule has 2 N–H and O–H groups in total. The summed E-state index contributed by atoms with van der Waals surface area (Å²) in [5, 5.41) is 9.99. The SMILES string of the molecule is CCCCCC1(C)Nc2cccc3cccc(c23)N1. The molecule has 0 bridgehead atoms. The van der Waals surface area contributed by atoms with E-state index in [9.17, 15) is 0 Å². The van der Waals surface area contributed by atoms with Crippen molar-refractivity contribution in [3.05, 3.63) is 36.4 Å². The van der Waals surface area contributed by atoms with E-state index in [1.807, 2.05) is 0 Å². The van der Waals surface area contributed by atoms with Crippen LogP contribution in [0.4, 0.5) is 11.4 Å². The third-order valence-corrected chi connectivity index (χ3v) is 4.01. The minimum Gasteiger partial charge on any atom is -0.363 e. The summed E-state index contributed by atoms with van der Waals surface area (Å²) in [5.41, 5.74) is 2.48. The van der Waals surface area contributed by atoms with E-state index in [4.69, 9.17) is 0 Å². The van der Waals surface area contributed by atoms with Crippen molar-refractivity contribution in [1.82, 2.24) is 0 Å². The van der Waals surface area contributed by atoms with Gasteiger partial charge in [-0.2, -0.15) is 0 Å². The van der Waals surface area contributed by atoms with Gasteiger partial charge in [-0.05, 0) is 37.3 Å². The Labute approximate surface area is 115 Å². The first-order chi connectivity index (χ1) is 9.22. The molecule has 1 aliphatic heterocycles. The second-order valence-electron chi connectivity index (χ2n) is 5.75. The van der Waals surface area contributed by atoms with Gasteiger partial charge in [-0.1, -0.05) is 44.0 Å². The van der Waals surface area contributed by atoms with Gasteiger partial charge in [0.15, 0.2) is 0 Å². The molecule has 1 heterocycles. The van der Waals surface area contributed by atoms with Crippen LogP contribution in [0.15, 0.2) is 36.4 Å². The van der Waals surface area contributed by atoms with Crippen molar-refractivity contribution in [2.75, 3.05) is 10.6 Å². The van der Waals surface area contributed by atoms with Gasteiger partial charge in [0.25, 0.3) is 0 Å². The number of anilines is 2. The molecular weight excluding hydrogens is 232 g/mol. The minimum absolute atomic E-state index is 0.0300. The summed E-state index contributed by atoms with van der Waals surface area (Å²) in [4.78, 5) is 0. The molecule has 0 aromatic heterocycles. The van der Waals surface area contributed by atoms with Crippen LogP contribution in [0.1, 0.15) is 39.5 Å². The summed E-state index contributed by atoms with van der Waals surface area (Å²) in [5.74, 6) is 0. The molecule has 0 amide bonds. The molecule has 3 rings (SSSR count). The first kappa shape index (κ1) is 12.3. The smallest absolute Gasteiger partial charge is 0.105 e. The van der Waals surface area contributed by atoms with Crippen LogP contribution in [0.2, 0.25) is 0 Å². The number of rotatable bonds is 4. The average Bonchev–Trinajstić information content (AvgIpc) is 2.39. The zero-order valence-electron chi connectivity index (χ0n) is 11.8. The maximum absolute atomic E-state index is 3.69. The van der Waals surface area contributed by atoms with Crippen molar-refractivity contribution in [3.63, 3.8) is 0 Å². The van der Waals surface area contributed by atoms with Gasteiger partial charge in [-0.15, -0.1) is 0 Å². The normalized spacial score (nSPS) is 15.9. The lowest BCUT2D eigenvalue weighted by atomic mass is 9.96. The predicted octanol–water partition coefficient (Wildman–Crippen LogP) is 4.97. The fourth-order valence-corrected chi connectivity index (χ4v) is 3.03. The third-order valence-electron chi connectivity index (χ3n) is 4.01. The van der Waals surface area contributed by atoms with E-state index in [2.05, 4.69) is 60.9 Å². The summed E-state index contributed by atoms with van der Waals surface area (Å²) in [6.07, 6.45) is 4.96. The molecule has 0 saturated heterocycles. The van der Waals surface area contributed by atoms with E-state index >= 15 is 0 Å².